The van der Waals surface area contributed by atoms with Crippen LogP contribution in [0.25, 0.3) is 0 Å². The van der Waals surface area contributed by atoms with Gasteiger partial charge in [0.2, 0.25) is 0 Å². The number of aromatic nitrogens is 2. The van der Waals surface area contributed by atoms with Gasteiger partial charge in [-0.3, -0.25) is 4.68 Å². The maximum absolute atomic E-state index is 4.26. The van der Waals surface area contributed by atoms with Crippen LogP contribution in [0.2, 0.25) is 0 Å². The number of benzene rings is 1. The first-order valence-electron chi connectivity index (χ1n) is 7.96. The second-order valence-electron chi connectivity index (χ2n) is 5.82. The van der Waals surface area contributed by atoms with Gasteiger partial charge in [0.1, 0.15) is 0 Å². The fourth-order valence-electron chi connectivity index (χ4n) is 2.77. The van der Waals surface area contributed by atoms with E-state index in [2.05, 4.69) is 60.8 Å². The molecule has 0 fully saturated rings. The van der Waals surface area contributed by atoms with Crippen LogP contribution in [0.5, 0.6) is 0 Å². The molecule has 21 heavy (non-hydrogen) atoms. The molecule has 3 heteroatoms. The number of nitrogens with zero attached hydrogens (tertiary/aromatic N) is 2. The molecule has 2 rings (SSSR count). The van der Waals surface area contributed by atoms with Gasteiger partial charge in [-0.15, -0.1) is 0 Å². The van der Waals surface area contributed by atoms with E-state index in [9.17, 15) is 0 Å². The third-order valence-electron chi connectivity index (χ3n) is 4.09. The van der Waals surface area contributed by atoms with Gasteiger partial charge in [-0.2, -0.15) is 5.10 Å². The number of rotatable bonds is 8. The van der Waals surface area contributed by atoms with Crippen molar-refractivity contribution in [1.82, 2.24) is 15.1 Å². The van der Waals surface area contributed by atoms with E-state index in [1.807, 2.05) is 17.9 Å². The predicted octanol–water partition coefficient (Wildman–Crippen LogP) is 3.52. The van der Waals surface area contributed by atoms with Gasteiger partial charge in [-0.1, -0.05) is 44.2 Å². The smallest absolute Gasteiger partial charge is 0.0521 e. The average Bonchev–Trinajstić information content (AvgIpc) is 2.93. The van der Waals surface area contributed by atoms with E-state index in [0.717, 1.165) is 19.4 Å². The molecule has 0 aliphatic heterocycles. The minimum atomic E-state index is 0.507. The Kier molecular flexibility index (Phi) is 6.00. The molecule has 2 aromatic rings. The number of hydrogen-bond acceptors (Lipinski definition) is 2. The summed E-state index contributed by atoms with van der Waals surface area (Å²) in [7, 11) is 1.98. The van der Waals surface area contributed by atoms with Gasteiger partial charge in [0.25, 0.3) is 0 Å². The molecule has 0 aliphatic carbocycles. The van der Waals surface area contributed by atoms with Crippen molar-refractivity contribution in [2.45, 2.75) is 45.1 Å². The van der Waals surface area contributed by atoms with Gasteiger partial charge < -0.3 is 5.32 Å². The lowest BCUT2D eigenvalue weighted by atomic mass is 9.89. The second-order valence-corrected chi connectivity index (χ2v) is 5.82. The van der Waals surface area contributed by atoms with Crippen molar-refractivity contribution in [3.8, 4) is 0 Å². The number of aryl methyl sites for hydroxylation is 2. The highest BCUT2D eigenvalue weighted by atomic mass is 15.2. The van der Waals surface area contributed by atoms with Crippen molar-refractivity contribution in [2.24, 2.45) is 7.05 Å². The maximum atomic E-state index is 4.26. The fourth-order valence-corrected chi connectivity index (χ4v) is 2.77. The predicted molar refractivity (Wildman–Crippen MR) is 88.5 cm³/mol. The molecule has 1 aromatic heterocycles. The fraction of sp³-hybridized carbons (Fsp3) is 0.500. The summed E-state index contributed by atoms with van der Waals surface area (Å²) in [5, 5.41) is 7.97. The lowest BCUT2D eigenvalue weighted by Gasteiger charge is -2.25. The second kappa shape index (κ2) is 7.99. The summed E-state index contributed by atoms with van der Waals surface area (Å²) in [5.74, 6) is 0.523. The Morgan fingerprint density at radius 2 is 2.00 bits per heavy atom. The van der Waals surface area contributed by atoms with E-state index in [0.29, 0.717) is 12.0 Å². The summed E-state index contributed by atoms with van der Waals surface area (Å²) in [6.07, 6.45) is 7.48. The third-order valence-corrected chi connectivity index (χ3v) is 4.09. The average molecular weight is 285 g/mol. The highest BCUT2D eigenvalue weighted by Gasteiger charge is 2.18. The Hall–Kier alpha value is -1.61. The van der Waals surface area contributed by atoms with Gasteiger partial charge in [-0.25, -0.2) is 0 Å². The van der Waals surface area contributed by atoms with Crippen molar-refractivity contribution in [3.05, 3.63) is 53.9 Å². The summed E-state index contributed by atoms with van der Waals surface area (Å²) >= 11 is 0. The molecular weight excluding hydrogens is 258 g/mol. The Morgan fingerprint density at radius 1 is 1.24 bits per heavy atom. The van der Waals surface area contributed by atoms with Crippen LogP contribution in [0.1, 0.15) is 43.7 Å². The van der Waals surface area contributed by atoms with Crippen molar-refractivity contribution in [1.29, 1.82) is 0 Å². The van der Waals surface area contributed by atoms with Crippen LogP contribution < -0.4 is 5.32 Å². The Morgan fingerprint density at radius 3 is 2.62 bits per heavy atom. The minimum Gasteiger partial charge on any atom is -0.313 e. The van der Waals surface area contributed by atoms with Crippen molar-refractivity contribution in [2.75, 3.05) is 6.54 Å². The Balaban J connectivity index is 1.99. The van der Waals surface area contributed by atoms with Crippen LogP contribution >= 0.6 is 0 Å². The van der Waals surface area contributed by atoms with Gasteiger partial charge in [0, 0.05) is 19.3 Å². The Bertz CT molecular complexity index is 518. The highest BCUT2D eigenvalue weighted by molar-refractivity contribution is 5.20. The van der Waals surface area contributed by atoms with Gasteiger partial charge >= 0.3 is 0 Å². The van der Waals surface area contributed by atoms with Gasteiger partial charge in [-0.05, 0) is 42.9 Å². The molecule has 0 aliphatic rings. The molecule has 0 spiro atoms. The van der Waals surface area contributed by atoms with Crippen molar-refractivity contribution in [3.63, 3.8) is 0 Å². The first kappa shape index (κ1) is 15.8. The molecule has 3 nitrogen and oxygen atoms in total. The number of nitrogens with one attached hydrogen (secondary N) is 1. The SMILES string of the molecule is CCCNC(CCc1cnn(C)c1)C(C)c1ccccc1. The molecule has 114 valence electrons. The lowest BCUT2D eigenvalue weighted by molar-refractivity contribution is 0.424. The van der Waals surface area contributed by atoms with E-state index >= 15 is 0 Å². The minimum absolute atomic E-state index is 0.507. The maximum Gasteiger partial charge on any atom is 0.0521 e. The van der Waals surface area contributed by atoms with E-state index in [1.54, 1.807) is 0 Å². The summed E-state index contributed by atoms with van der Waals surface area (Å²) in [6.45, 7) is 5.62. The topological polar surface area (TPSA) is 29.9 Å². The van der Waals surface area contributed by atoms with Gasteiger partial charge in [0.15, 0.2) is 0 Å². The van der Waals surface area contributed by atoms with E-state index in [-0.39, 0.29) is 0 Å². The monoisotopic (exact) mass is 285 g/mol. The standard InChI is InChI=1S/C18H27N3/c1-4-12-19-18(11-10-16-13-20-21(3)14-16)15(2)17-8-6-5-7-9-17/h5-9,13-15,18-19H,4,10-12H2,1-3H3. The van der Waals surface area contributed by atoms with Crippen LogP contribution in [-0.2, 0) is 13.5 Å². The van der Waals surface area contributed by atoms with Crippen molar-refractivity contribution >= 4 is 0 Å². The molecule has 0 amide bonds. The van der Waals surface area contributed by atoms with Crippen molar-refractivity contribution < 1.29 is 0 Å². The summed E-state index contributed by atoms with van der Waals surface area (Å²) < 4.78 is 1.88. The molecule has 0 radical (unpaired) electrons. The third kappa shape index (κ3) is 4.71. The lowest BCUT2D eigenvalue weighted by Crippen LogP contribution is -2.34. The van der Waals surface area contributed by atoms with Crippen LogP contribution in [0.3, 0.4) is 0 Å². The zero-order chi connectivity index (χ0) is 15.1. The summed E-state index contributed by atoms with van der Waals surface area (Å²) in [5.41, 5.74) is 2.73. The molecule has 1 N–H and O–H groups in total. The van der Waals surface area contributed by atoms with Gasteiger partial charge in [0.05, 0.1) is 6.20 Å². The van der Waals surface area contributed by atoms with Crippen LogP contribution in [-0.4, -0.2) is 22.4 Å². The van der Waals surface area contributed by atoms with Crippen LogP contribution in [0, 0.1) is 0 Å². The molecule has 2 unspecified atom stereocenters. The summed E-state index contributed by atoms with van der Waals surface area (Å²) in [6, 6.07) is 11.3. The quantitative estimate of drug-likeness (QED) is 0.804. The molecule has 2 atom stereocenters. The first-order chi connectivity index (χ1) is 10.2. The van der Waals surface area contributed by atoms with E-state index in [1.165, 1.54) is 17.5 Å². The molecule has 0 saturated carbocycles. The molecule has 1 aromatic carbocycles. The molecule has 1 heterocycles. The highest BCUT2D eigenvalue weighted by Crippen LogP contribution is 2.22. The van der Waals surface area contributed by atoms with Crippen LogP contribution in [0.4, 0.5) is 0 Å². The number of hydrogen-bond donors (Lipinski definition) is 1. The Labute approximate surface area is 128 Å². The summed E-state index contributed by atoms with van der Waals surface area (Å²) in [4.78, 5) is 0. The molecule has 0 saturated heterocycles. The van der Waals surface area contributed by atoms with Crippen LogP contribution in [0.15, 0.2) is 42.7 Å². The normalized spacial score (nSPS) is 14.0. The zero-order valence-corrected chi connectivity index (χ0v) is 13.4. The van der Waals surface area contributed by atoms with E-state index < -0.39 is 0 Å². The largest absolute Gasteiger partial charge is 0.313 e. The zero-order valence-electron chi connectivity index (χ0n) is 13.4. The van der Waals surface area contributed by atoms with E-state index in [4.69, 9.17) is 0 Å². The molecular formula is C18H27N3. The first-order valence-corrected chi connectivity index (χ1v) is 7.96. The molecule has 0 bridgehead atoms.